The Hall–Kier alpha value is -1.71. The highest BCUT2D eigenvalue weighted by Gasteiger charge is 2.21. The van der Waals surface area contributed by atoms with Crippen LogP contribution in [0.3, 0.4) is 0 Å². The van der Waals surface area contributed by atoms with Crippen molar-refractivity contribution in [1.29, 1.82) is 0 Å². The minimum atomic E-state index is -0.0144. The molecule has 0 saturated heterocycles. The Labute approximate surface area is 108 Å². The summed E-state index contributed by atoms with van der Waals surface area (Å²) < 4.78 is 0. The molecule has 0 atom stereocenters. The lowest BCUT2D eigenvalue weighted by molar-refractivity contribution is 0.0774. The summed E-state index contributed by atoms with van der Waals surface area (Å²) in [7, 11) is 1.84. The number of anilines is 2. The number of nitrogens with zero attached hydrogens (tertiary/aromatic N) is 1. The van der Waals surface area contributed by atoms with Gasteiger partial charge in [-0.3, -0.25) is 4.79 Å². The zero-order valence-electron chi connectivity index (χ0n) is 10.9. The molecule has 1 amide bonds. The fraction of sp³-hybridized carbons (Fsp3) is 0.500. The second kappa shape index (κ2) is 5.29. The molecule has 0 heterocycles. The molecule has 1 aromatic carbocycles. The summed E-state index contributed by atoms with van der Waals surface area (Å²) in [6.45, 7) is 0.822. The Bertz CT molecular complexity index is 439. The van der Waals surface area contributed by atoms with Crippen molar-refractivity contribution in [3.05, 3.63) is 23.8 Å². The SMILES string of the molecule is CN(CC1CCCC1)C(=O)c1ccc(N)cc1N. The molecule has 0 bridgehead atoms. The number of carbonyl (C=O) groups excluding carboxylic acids is 1. The highest BCUT2D eigenvalue weighted by molar-refractivity contribution is 5.99. The monoisotopic (exact) mass is 247 g/mol. The summed E-state index contributed by atoms with van der Waals surface area (Å²) in [6.07, 6.45) is 5.04. The predicted octanol–water partition coefficient (Wildman–Crippen LogP) is 2.11. The van der Waals surface area contributed by atoms with Gasteiger partial charge in [0.05, 0.1) is 5.56 Å². The minimum absolute atomic E-state index is 0.0144. The third kappa shape index (κ3) is 2.75. The van der Waals surface area contributed by atoms with Gasteiger partial charge in [-0.1, -0.05) is 12.8 Å². The first-order chi connectivity index (χ1) is 8.58. The summed E-state index contributed by atoms with van der Waals surface area (Å²) in [4.78, 5) is 14.0. The quantitative estimate of drug-likeness (QED) is 0.803. The fourth-order valence-corrected chi connectivity index (χ4v) is 2.64. The molecule has 4 nitrogen and oxygen atoms in total. The molecule has 1 fully saturated rings. The number of carbonyl (C=O) groups is 1. The lowest BCUT2D eigenvalue weighted by Crippen LogP contribution is -2.31. The van der Waals surface area contributed by atoms with Crippen molar-refractivity contribution in [1.82, 2.24) is 4.90 Å². The molecule has 98 valence electrons. The van der Waals surface area contributed by atoms with E-state index < -0.39 is 0 Å². The number of hydrogen-bond acceptors (Lipinski definition) is 3. The molecule has 0 unspecified atom stereocenters. The van der Waals surface area contributed by atoms with E-state index in [2.05, 4.69) is 0 Å². The van der Waals surface area contributed by atoms with Crippen molar-refractivity contribution in [3.8, 4) is 0 Å². The average Bonchev–Trinajstić information content (AvgIpc) is 2.81. The third-order valence-electron chi connectivity index (χ3n) is 3.66. The van der Waals surface area contributed by atoms with E-state index in [1.807, 2.05) is 7.05 Å². The molecule has 0 radical (unpaired) electrons. The molecule has 1 aliphatic rings. The van der Waals surface area contributed by atoms with Crippen LogP contribution >= 0.6 is 0 Å². The topological polar surface area (TPSA) is 72.3 Å². The van der Waals surface area contributed by atoms with Gasteiger partial charge >= 0.3 is 0 Å². The average molecular weight is 247 g/mol. The van der Waals surface area contributed by atoms with Gasteiger partial charge in [-0.25, -0.2) is 0 Å². The van der Waals surface area contributed by atoms with Crippen molar-refractivity contribution < 1.29 is 4.79 Å². The number of rotatable bonds is 3. The summed E-state index contributed by atoms with van der Waals surface area (Å²) in [5.41, 5.74) is 13.1. The van der Waals surface area contributed by atoms with Crippen molar-refractivity contribution in [2.75, 3.05) is 25.1 Å². The van der Waals surface area contributed by atoms with Crippen LogP contribution in [0.5, 0.6) is 0 Å². The van der Waals surface area contributed by atoms with E-state index >= 15 is 0 Å². The van der Waals surface area contributed by atoms with E-state index in [1.54, 1.807) is 23.1 Å². The zero-order valence-corrected chi connectivity index (χ0v) is 10.9. The smallest absolute Gasteiger partial charge is 0.255 e. The van der Waals surface area contributed by atoms with Crippen LogP contribution in [0.25, 0.3) is 0 Å². The fourth-order valence-electron chi connectivity index (χ4n) is 2.64. The maximum absolute atomic E-state index is 12.3. The Morgan fingerprint density at radius 2 is 2.00 bits per heavy atom. The molecule has 18 heavy (non-hydrogen) atoms. The zero-order chi connectivity index (χ0) is 13.1. The van der Waals surface area contributed by atoms with Crippen LogP contribution in [-0.4, -0.2) is 24.4 Å². The predicted molar refractivity (Wildman–Crippen MR) is 74.2 cm³/mol. The van der Waals surface area contributed by atoms with Gasteiger partial charge in [0, 0.05) is 25.0 Å². The molecular formula is C14H21N3O. The molecular weight excluding hydrogens is 226 g/mol. The first kappa shape index (κ1) is 12.7. The highest BCUT2D eigenvalue weighted by Crippen LogP contribution is 2.26. The molecule has 0 aromatic heterocycles. The highest BCUT2D eigenvalue weighted by atomic mass is 16.2. The van der Waals surface area contributed by atoms with Crippen molar-refractivity contribution in [3.63, 3.8) is 0 Å². The van der Waals surface area contributed by atoms with E-state index in [0.29, 0.717) is 22.9 Å². The van der Waals surface area contributed by atoms with E-state index in [0.717, 1.165) is 6.54 Å². The largest absolute Gasteiger partial charge is 0.399 e. The molecule has 4 heteroatoms. The number of benzene rings is 1. The van der Waals surface area contributed by atoms with Crippen LogP contribution in [0.1, 0.15) is 36.0 Å². The Morgan fingerprint density at radius 1 is 1.33 bits per heavy atom. The van der Waals surface area contributed by atoms with E-state index in [1.165, 1.54) is 25.7 Å². The molecule has 1 aromatic rings. The van der Waals surface area contributed by atoms with Gasteiger partial charge in [0.2, 0.25) is 0 Å². The summed E-state index contributed by atoms with van der Waals surface area (Å²) in [6, 6.07) is 5.06. The van der Waals surface area contributed by atoms with Crippen molar-refractivity contribution in [2.24, 2.45) is 5.92 Å². The van der Waals surface area contributed by atoms with E-state index in [4.69, 9.17) is 11.5 Å². The Morgan fingerprint density at radius 3 is 2.61 bits per heavy atom. The molecule has 1 aliphatic carbocycles. The van der Waals surface area contributed by atoms with Crippen LogP contribution in [0, 0.1) is 5.92 Å². The van der Waals surface area contributed by atoms with Crippen LogP contribution in [0.15, 0.2) is 18.2 Å². The molecule has 0 spiro atoms. The summed E-state index contributed by atoms with van der Waals surface area (Å²) in [5, 5.41) is 0. The first-order valence-corrected chi connectivity index (χ1v) is 6.48. The Balaban J connectivity index is 2.05. The molecule has 0 aliphatic heterocycles. The van der Waals surface area contributed by atoms with Gasteiger partial charge in [0.25, 0.3) is 5.91 Å². The lowest BCUT2D eigenvalue weighted by Gasteiger charge is -2.21. The van der Waals surface area contributed by atoms with Crippen molar-refractivity contribution >= 4 is 17.3 Å². The lowest BCUT2D eigenvalue weighted by atomic mass is 10.1. The van der Waals surface area contributed by atoms with Crippen LogP contribution < -0.4 is 11.5 Å². The number of hydrogen-bond donors (Lipinski definition) is 2. The summed E-state index contributed by atoms with van der Waals surface area (Å²) in [5.74, 6) is 0.633. The van der Waals surface area contributed by atoms with Gasteiger partial charge in [0.1, 0.15) is 0 Å². The Kier molecular flexibility index (Phi) is 3.75. The maximum Gasteiger partial charge on any atom is 0.255 e. The van der Waals surface area contributed by atoms with Gasteiger partial charge in [0.15, 0.2) is 0 Å². The van der Waals surface area contributed by atoms with Crippen LogP contribution in [0.2, 0.25) is 0 Å². The summed E-state index contributed by atoms with van der Waals surface area (Å²) >= 11 is 0. The van der Waals surface area contributed by atoms with Crippen LogP contribution in [-0.2, 0) is 0 Å². The number of nitrogen functional groups attached to an aromatic ring is 2. The second-order valence-corrected chi connectivity index (χ2v) is 5.18. The van der Waals surface area contributed by atoms with Gasteiger partial charge < -0.3 is 16.4 Å². The molecule has 4 N–H and O–H groups in total. The minimum Gasteiger partial charge on any atom is -0.399 e. The maximum atomic E-state index is 12.3. The normalized spacial score (nSPS) is 15.8. The first-order valence-electron chi connectivity index (χ1n) is 6.48. The van der Waals surface area contributed by atoms with Crippen molar-refractivity contribution in [2.45, 2.75) is 25.7 Å². The molecule has 1 saturated carbocycles. The van der Waals surface area contributed by atoms with Crippen LogP contribution in [0.4, 0.5) is 11.4 Å². The van der Waals surface area contributed by atoms with Gasteiger partial charge in [-0.2, -0.15) is 0 Å². The third-order valence-corrected chi connectivity index (χ3v) is 3.66. The van der Waals surface area contributed by atoms with Gasteiger partial charge in [-0.05, 0) is 37.0 Å². The van der Waals surface area contributed by atoms with Gasteiger partial charge in [-0.15, -0.1) is 0 Å². The van der Waals surface area contributed by atoms with E-state index in [9.17, 15) is 4.79 Å². The second-order valence-electron chi connectivity index (χ2n) is 5.18. The number of amides is 1. The van der Waals surface area contributed by atoms with E-state index in [-0.39, 0.29) is 5.91 Å². The standard InChI is InChI=1S/C14H21N3O/c1-17(9-10-4-2-3-5-10)14(18)12-7-6-11(15)8-13(12)16/h6-8,10H,2-5,9,15-16H2,1H3. The molecule has 2 rings (SSSR count). The number of nitrogens with two attached hydrogens (primary N) is 2.